The second-order valence-corrected chi connectivity index (χ2v) is 5.09. The molecule has 0 saturated heterocycles. The molecule has 0 bridgehead atoms. The summed E-state index contributed by atoms with van der Waals surface area (Å²) in [4.78, 5) is 8.65. The SMILES string of the molecule is Cc1ccc2nc(Nc3nc4cc(CO)ccc4o3)oc2c1. The zero-order valence-corrected chi connectivity index (χ0v) is 11.8. The lowest BCUT2D eigenvalue weighted by molar-refractivity contribution is 0.282. The van der Waals surface area contributed by atoms with E-state index in [1.807, 2.05) is 25.1 Å². The highest BCUT2D eigenvalue weighted by molar-refractivity contribution is 5.77. The lowest BCUT2D eigenvalue weighted by Crippen LogP contribution is -1.89. The maximum absolute atomic E-state index is 9.14. The van der Waals surface area contributed by atoms with Gasteiger partial charge in [0, 0.05) is 0 Å². The molecule has 0 unspecified atom stereocenters. The molecule has 0 fully saturated rings. The van der Waals surface area contributed by atoms with Crippen molar-refractivity contribution in [2.75, 3.05) is 5.32 Å². The Kier molecular flexibility index (Phi) is 2.83. The Hall–Kier alpha value is -2.86. The average molecular weight is 295 g/mol. The second kappa shape index (κ2) is 4.85. The summed E-state index contributed by atoms with van der Waals surface area (Å²) < 4.78 is 11.2. The van der Waals surface area contributed by atoms with Crippen LogP contribution in [-0.2, 0) is 6.61 Å². The molecule has 0 amide bonds. The molecule has 0 saturated carbocycles. The smallest absolute Gasteiger partial charge is 0.303 e. The molecule has 0 atom stereocenters. The third-order valence-electron chi connectivity index (χ3n) is 3.39. The molecule has 4 rings (SSSR count). The van der Waals surface area contributed by atoms with Gasteiger partial charge in [-0.2, -0.15) is 9.97 Å². The fourth-order valence-electron chi connectivity index (χ4n) is 2.30. The van der Waals surface area contributed by atoms with Gasteiger partial charge in [0.2, 0.25) is 0 Å². The van der Waals surface area contributed by atoms with Crippen LogP contribution in [0.4, 0.5) is 12.0 Å². The van der Waals surface area contributed by atoms with Crippen LogP contribution in [0.25, 0.3) is 22.2 Å². The Bertz CT molecular complexity index is 971. The van der Waals surface area contributed by atoms with Crippen molar-refractivity contribution >= 4 is 34.2 Å². The van der Waals surface area contributed by atoms with Crippen molar-refractivity contribution < 1.29 is 13.9 Å². The van der Waals surface area contributed by atoms with Gasteiger partial charge in [-0.1, -0.05) is 12.1 Å². The van der Waals surface area contributed by atoms with Crippen molar-refractivity contribution in [3.05, 3.63) is 47.5 Å². The predicted molar refractivity (Wildman–Crippen MR) is 82.0 cm³/mol. The van der Waals surface area contributed by atoms with E-state index in [0.717, 1.165) is 16.6 Å². The molecule has 2 aromatic heterocycles. The first kappa shape index (κ1) is 12.8. The molecule has 0 aliphatic carbocycles. The van der Waals surface area contributed by atoms with Crippen LogP contribution in [0.5, 0.6) is 0 Å². The third-order valence-corrected chi connectivity index (χ3v) is 3.39. The van der Waals surface area contributed by atoms with E-state index < -0.39 is 0 Å². The highest BCUT2D eigenvalue weighted by Crippen LogP contribution is 2.25. The number of aliphatic hydroxyl groups is 1. The number of aromatic nitrogens is 2. The summed E-state index contributed by atoms with van der Waals surface area (Å²) in [7, 11) is 0. The Labute approximate surface area is 125 Å². The molecule has 2 N–H and O–H groups in total. The molecule has 110 valence electrons. The van der Waals surface area contributed by atoms with Crippen molar-refractivity contribution in [2.24, 2.45) is 0 Å². The minimum Gasteiger partial charge on any atom is -0.423 e. The molecule has 6 heteroatoms. The standard InChI is InChI=1S/C16H13N3O3/c1-9-2-4-11-14(6-9)22-15(17-11)19-16-18-12-7-10(8-20)3-5-13(12)21-16/h2-7,20H,8H2,1H3,(H,17,18,19). The Balaban J connectivity index is 1.69. The number of hydrogen-bond donors (Lipinski definition) is 2. The number of oxazole rings is 2. The van der Waals surface area contributed by atoms with Gasteiger partial charge >= 0.3 is 12.0 Å². The van der Waals surface area contributed by atoms with Crippen molar-refractivity contribution in [3.63, 3.8) is 0 Å². The molecule has 4 aromatic rings. The lowest BCUT2D eigenvalue weighted by atomic mass is 10.2. The van der Waals surface area contributed by atoms with E-state index in [2.05, 4.69) is 15.3 Å². The second-order valence-electron chi connectivity index (χ2n) is 5.09. The number of aryl methyl sites for hydroxylation is 1. The number of benzene rings is 2. The summed E-state index contributed by atoms with van der Waals surface area (Å²) in [6.45, 7) is 1.96. The topological polar surface area (TPSA) is 84.3 Å². The lowest BCUT2D eigenvalue weighted by Gasteiger charge is -1.92. The summed E-state index contributed by atoms with van der Waals surface area (Å²) in [6.07, 6.45) is 0. The van der Waals surface area contributed by atoms with Crippen molar-refractivity contribution in [3.8, 4) is 0 Å². The summed E-state index contributed by atoms with van der Waals surface area (Å²) >= 11 is 0. The minimum atomic E-state index is -0.0317. The van der Waals surface area contributed by atoms with Gasteiger partial charge in [0.25, 0.3) is 0 Å². The Morgan fingerprint density at radius 3 is 2.55 bits per heavy atom. The van der Waals surface area contributed by atoms with Crippen LogP contribution in [-0.4, -0.2) is 15.1 Å². The zero-order chi connectivity index (χ0) is 15.1. The molecule has 0 aliphatic rings. The van der Waals surface area contributed by atoms with E-state index in [9.17, 15) is 0 Å². The van der Waals surface area contributed by atoms with Crippen LogP contribution in [0, 0.1) is 6.92 Å². The Morgan fingerprint density at radius 1 is 0.955 bits per heavy atom. The van der Waals surface area contributed by atoms with Crippen molar-refractivity contribution in [1.82, 2.24) is 9.97 Å². The normalized spacial score (nSPS) is 11.4. The highest BCUT2D eigenvalue weighted by atomic mass is 16.4. The molecule has 6 nitrogen and oxygen atoms in total. The van der Waals surface area contributed by atoms with Gasteiger partial charge in [0.1, 0.15) is 11.0 Å². The maximum Gasteiger partial charge on any atom is 0.303 e. The number of nitrogens with one attached hydrogen (secondary N) is 1. The van der Waals surface area contributed by atoms with Gasteiger partial charge < -0.3 is 13.9 Å². The largest absolute Gasteiger partial charge is 0.423 e. The quantitative estimate of drug-likeness (QED) is 0.601. The first-order valence-corrected chi connectivity index (χ1v) is 6.86. The summed E-state index contributed by atoms with van der Waals surface area (Å²) in [6, 6.07) is 11.8. The zero-order valence-electron chi connectivity index (χ0n) is 11.8. The highest BCUT2D eigenvalue weighted by Gasteiger charge is 2.11. The number of fused-ring (bicyclic) bond motifs is 2. The van der Waals surface area contributed by atoms with Gasteiger partial charge in [-0.05, 0) is 42.3 Å². The van der Waals surface area contributed by atoms with Gasteiger partial charge in [-0.25, -0.2) is 0 Å². The van der Waals surface area contributed by atoms with Crippen LogP contribution in [0.2, 0.25) is 0 Å². The van der Waals surface area contributed by atoms with Crippen LogP contribution < -0.4 is 5.32 Å². The number of hydrogen-bond acceptors (Lipinski definition) is 6. The minimum absolute atomic E-state index is 0.0317. The molecule has 2 aromatic carbocycles. The predicted octanol–water partition coefficient (Wildman–Crippen LogP) is 3.51. The Morgan fingerprint density at radius 2 is 1.73 bits per heavy atom. The van der Waals surface area contributed by atoms with Crippen molar-refractivity contribution in [2.45, 2.75) is 13.5 Å². The first-order chi connectivity index (χ1) is 10.7. The van der Waals surface area contributed by atoms with E-state index >= 15 is 0 Å². The first-order valence-electron chi connectivity index (χ1n) is 6.86. The number of aliphatic hydroxyl groups excluding tert-OH is 1. The third kappa shape index (κ3) is 2.19. The van der Waals surface area contributed by atoms with Gasteiger partial charge in [-0.3, -0.25) is 5.32 Å². The molecule has 22 heavy (non-hydrogen) atoms. The van der Waals surface area contributed by atoms with E-state index in [4.69, 9.17) is 13.9 Å². The fourth-order valence-corrected chi connectivity index (χ4v) is 2.30. The van der Waals surface area contributed by atoms with Crippen LogP contribution in [0.1, 0.15) is 11.1 Å². The fraction of sp³-hybridized carbons (Fsp3) is 0.125. The number of nitrogens with zero attached hydrogens (tertiary/aromatic N) is 2. The number of rotatable bonds is 3. The van der Waals surface area contributed by atoms with E-state index in [1.54, 1.807) is 18.2 Å². The number of anilines is 2. The molecule has 0 aliphatic heterocycles. The molecule has 0 radical (unpaired) electrons. The molecular weight excluding hydrogens is 282 g/mol. The van der Waals surface area contributed by atoms with Gasteiger partial charge in [0.05, 0.1) is 6.61 Å². The summed E-state index contributed by atoms with van der Waals surface area (Å²) in [5.41, 5.74) is 4.67. The molecule has 2 heterocycles. The van der Waals surface area contributed by atoms with E-state index in [-0.39, 0.29) is 6.61 Å². The van der Waals surface area contributed by atoms with Crippen LogP contribution in [0.15, 0.2) is 45.2 Å². The van der Waals surface area contributed by atoms with E-state index in [1.165, 1.54) is 0 Å². The summed E-state index contributed by atoms with van der Waals surface area (Å²) in [5, 5.41) is 12.1. The van der Waals surface area contributed by atoms with Gasteiger partial charge in [0.15, 0.2) is 11.2 Å². The maximum atomic E-state index is 9.14. The van der Waals surface area contributed by atoms with Gasteiger partial charge in [-0.15, -0.1) is 0 Å². The van der Waals surface area contributed by atoms with Crippen LogP contribution >= 0.6 is 0 Å². The molecule has 0 spiro atoms. The monoisotopic (exact) mass is 295 g/mol. The van der Waals surface area contributed by atoms with Crippen molar-refractivity contribution in [1.29, 1.82) is 0 Å². The van der Waals surface area contributed by atoms with E-state index in [0.29, 0.717) is 28.7 Å². The average Bonchev–Trinajstić information content (AvgIpc) is 3.08. The van der Waals surface area contributed by atoms with Crippen LogP contribution in [0.3, 0.4) is 0 Å². The molecular formula is C16H13N3O3. The summed E-state index contributed by atoms with van der Waals surface area (Å²) in [5.74, 6) is 0.